The van der Waals surface area contributed by atoms with E-state index in [1.54, 1.807) is 0 Å². The van der Waals surface area contributed by atoms with E-state index in [0.29, 0.717) is 0 Å². The number of fused-ring (bicyclic) bond motifs is 11. The van der Waals surface area contributed by atoms with Crippen molar-refractivity contribution in [1.29, 1.82) is 0 Å². The SMILES string of the molecule is c1ccc2c(-n3c4ccccc4c4c5cccc6c7cccc8c9c(cc(c(cc43)c65)c78)oc3ccccc39)cccc2c1. The van der Waals surface area contributed by atoms with Crippen molar-refractivity contribution >= 4 is 97.6 Å². The summed E-state index contributed by atoms with van der Waals surface area (Å²) >= 11 is 0. The maximum absolute atomic E-state index is 6.52. The minimum atomic E-state index is 0.930. The predicted molar refractivity (Wildman–Crippen MR) is 187 cm³/mol. The zero-order chi connectivity index (χ0) is 28.5. The van der Waals surface area contributed by atoms with Gasteiger partial charge in [0.2, 0.25) is 0 Å². The monoisotopic (exact) mass is 557 g/mol. The predicted octanol–water partition coefficient (Wildman–Crippen LogP) is 11.9. The number of aromatic nitrogens is 1. The second-order valence-corrected chi connectivity index (χ2v) is 12.0. The Morgan fingerprint density at radius 1 is 0.341 bits per heavy atom. The smallest absolute Gasteiger partial charge is 0.136 e. The third-order valence-corrected chi connectivity index (χ3v) is 9.88. The largest absolute Gasteiger partial charge is 0.456 e. The van der Waals surface area contributed by atoms with Gasteiger partial charge in [-0.15, -0.1) is 0 Å². The van der Waals surface area contributed by atoms with Gasteiger partial charge in [-0.05, 0) is 78.8 Å². The molecular formula is C42H23NO. The molecule has 0 aliphatic rings. The molecule has 2 aromatic heterocycles. The molecule has 0 radical (unpaired) electrons. The summed E-state index contributed by atoms with van der Waals surface area (Å²) in [7, 11) is 0. The highest BCUT2D eigenvalue weighted by Gasteiger charge is 2.22. The van der Waals surface area contributed by atoms with Crippen molar-refractivity contribution in [3.8, 4) is 5.69 Å². The molecule has 0 aliphatic heterocycles. The van der Waals surface area contributed by atoms with Crippen molar-refractivity contribution in [3.05, 3.63) is 140 Å². The van der Waals surface area contributed by atoms with Crippen LogP contribution in [0.1, 0.15) is 0 Å². The molecule has 11 rings (SSSR count). The first-order valence-corrected chi connectivity index (χ1v) is 15.2. The van der Waals surface area contributed by atoms with Crippen LogP contribution < -0.4 is 0 Å². The number of rotatable bonds is 1. The van der Waals surface area contributed by atoms with Gasteiger partial charge < -0.3 is 8.98 Å². The van der Waals surface area contributed by atoms with Gasteiger partial charge in [0.15, 0.2) is 0 Å². The van der Waals surface area contributed by atoms with Crippen molar-refractivity contribution < 1.29 is 4.42 Å². The molecule has 0 amide bonds. The summed E-state index contributed by atoms with van der Waals surface area (Å²) in [6.07, 6.45) is 0. The highest BCUT2D eigenvalue weighted by molar-refractivity contribution is 6.41. The van der Waals surface area contributed by atoms with Gasteiger partial charge in [-0.3, -0.25) is 0 Å². The molecule has 0 atom stereocenters. The molecule has 2 heterocycles. The second-order valence-electron chi connectivity index (χ2n) is 12.0. The molecule has 2 nitrogen and oxygen atoms in total. The van der Waals surface area contributed by atoms with E-state index < -0.39 is 0 Å². The summed E-state index contributed by atoms with van der Waals surface area (Å²) in [6, 6.07) is 51.0. The van der Waals surface area contributed by atoms with Gasteiger partial charge in [-0.1, -0.05) is 109 Å². The van der Waals surface area contributed by atoms with Crippen LogP contribution in [0.5, 0.6) is 0 Å². The minimum Gasteiger partial charge on any atom is -0.456 e. The first kappa shape index (κ1) is 22.7. The van der Waals surface area contributed by atoms with E-state index in [1.807, 2.05) is 0 Å². The maximum atomic E-state index is 6.52. The molecule has 0 saturated carbocycles. The van der Waals surface area contributed by atoms with E-state index >= 15 is 0 Å². The fourth-order valence-corrected chi connectivity index (χ4v) is 8.17. The molecule has 2 heteroatoms. The second kappa shape index (κ2) is 7.94. The third kappa shape index (κ3) is 2.68. The lowest BCUT2D eigenvalue weighted by atomic mass is 9.87. The molecule has 0 spiro atoms. The normalized spacial score (nSPS) is 12.5. The van der Waals surface area contributed by atoms with E-state index in [-0.39, 0.29) is 0 Å². The molecule has 0 saturated heterocycles. The number of hydrogen-bond donors (Lipinski definition) is 0. The van der Waals surface area contributed by atoms with Crippen molar-refractivity contribution in [1.82, 2.24) is 4.57 Å². The topological polar surface area (TPSA) is 18.1 Å². The zero-order valence-electron chi connectivity index (χ0n) is 23.6. The first-order chi connectivity index (χ1) is 21.8. The van der Waals surface area contributed by atoms with Crippen molar-refractivity contribution in [2.24, 2.45) is 0 Å². The molecule has 0 bridgehead atoms. The molecule has 44 heavy (non-hydrogen) atoms. The lowest BCUT2D eigenvalue weighted by Gasteiger charge is -2.17. The Balaban J connectivity index is 1.43. The minimum absolute atomic E-state index is 0.930. The van der Waals surface area contributed by atoms with Gasteiger partial charge in [-0.2, -0.15) is 0 Å². The zero-order valence-corrected chi connectivity index (χ0v) is 23.6. The van der Waals surface area contributed by atoms with Crippen LogP contribution in [0.2, 0.25) is 0 Å². The van der Waals surface area contributed by atoms with E-state index in [4.69, 9.17) is 4.42 Å². The van der Waals surface area contributed by atoms with E-state index in [2.05, 4.69) is 144 Å². The van der Waals surface area contributed by atoms with Gasteiger partial charge in [0.25, 0.3) is 0 Å². The summed E-state index contributed by atoms with van der Waals surface area (Å²) in [5.41, 5.74) is 5.51. The van der Waals surface area contributed by atoms with Gasteiger partial charge >= 0.3 is 0 Å². The Hall–Kier alpha value is -5.86. The molecular weight excluding hydrogens is 534 g/mol. The third-order valence-electron chi connectivity index (χ3n) is 9.88. The number of para-hydroxylation sites is 2. The summed E-state index contributed by atoms with van der Waals surface area (Å²) < 4.78 is 9.00. The number of furan rings is 1. The summed E-state index contributed by atoms with van der Waals surface area (Å²) in [6.45, 7) is 0. The van der Waals surface area contributed by atoms with Crippen LogP contribution in [-0.4, -0.2) is 4.57 Å². The summed E-state index contributed by atoms with van der Waals surface area (Å²) in [4.78, 5) is 0. The van der Waals surface area contributed by atoms with E-state index in [0.717, 1.165) is 11.2 Å². The highest BCUT2D eigenvalue weighted by Crippen LogP contribution is 2.48. The summed E-state index contributed by atoms with van der Waals surface area (Å²) in [5, 5.41) is 17.7. The molecule has 0 fully saturated rings. The van der Waals surface area contributed by atoms with Gasteiger partial charge in [0.1, 0.15) is 11.2 Å². The number of benzene rings is 9. The molecule has 9 aromatic carbocycles. The summed E-state index contributed by atoms with van der Waals surface area (Å²) in [5.74, 6) is 0. The lowest BCUT2D eigenvalue weighted by molar-refractivity contribution is 0.669. The van der Waals surface area contributed by atoms with Crippen LogP contribution in [0.25, 0.3) is 103 Å². The van der Waals surface area contributed by atoms with E-state index in [1.165, 1.54) is 92.1 Å². The average molecular weight is 558 g/mol. The fourth-order valence-electron chi connectivity index (χ4n) is 8.17. The Labute approximate surface area is 251 Å². The van der Waals surface area contributed by atoms with Gasteiger partial charge in [0, 0.05) is 26.9 Å². The van der Waals surface area contributed by atoms with Crippen LogP contribution in [-0.2, 0) is 0 Å². The molecule has 0 unspecified atom stereocenters. The Bertz CT molecular complexity index is 2990. The Kier molecular flexibility index (Phi) is 4.10. The molecule has 0 N–H and O–H groups in total. The van der Waals surface area contributed by atoms with Crippen LogP contribution in [0.3, 0.4) is 0 Å². The molecule has 202 valence electrons. The maximum Gasteiger partial charge on any atom is 0.136 e. The average Bonchev–Trinajstić information content (AvgIpc) is 3.62. The van der Waals surface area contributed by atoms with Gasteiger partial charge in [-0.25, -0.2) is 0 Å². The number of nitrogens with zero attached hydrogens (tertiary/aromatic N) is 1. The van der Waals surface area contributed by atoms with Crippen LogP contribution in [0.15, 0.2) is 144 Å². The molecule has 11 aromatic rings. The van der Waals surface area contributed by atoms with Crippen molar-refractivity contribution in [3.63, 3.8) is 0 Å². The Morgan fingerprint density at radius 2 is 0.932 bits per heavy atom. The Morgan fingerprint density at radius 3 is 1.77 bits per heavy atom. The van der Waals surface area contributed by atoms with Gasteiger partial charge in [0.05, 0.1) is 16.7 Å². The lowest BCUT2D eigenvalue weighted by Crippen LogP contribution is -1.95. The van der Waals surface area contributed by atoms with Crippen molar-refractivity contribution in [2.45, 2.75) is 0 Å². The van der Waals surface area contributed by atoms with Crippen LogP contribution in [0.4, 0.5) is 0 Å². The number of hydrogen-bond acceptors (Lipinski definition) is 1. The quantitative estimate of drug-likeness (QED) is 0.145. The fraction of sp³-hybridized carbons (Fsp3) is 0. The standard InChI is InChI=1S/C42H23NO/c1-2-12-25-24(10-1)11-7-20-34(25)43-35-19-5-3-13-28(35)41-30-17-8-15-26-27-16-9-18-31-40(27)33(32(39(26)30)22-36(41)43)23-38-42(31)29-14-4-6-21-37(29)44-38/h1-23H. The van der Waals surface area contributed by atoms with E-state index in [9.17, 15) is 0 Å². The molecule has 0 aliphatic carbocycles. The van der Waals surface area contributed by atoms with Crippen LogP contribution in [0, 0.1) is 0 Å². The van der Waals surface area contributed by atoms with Crippen LogP contribution >= 0.6 is 0 Å². The first-order valence-electron chi connectivity index (χ1n) is 15.2. The highest BCUT2D eigenvalue weighted by atomic mass is 16.3. The van der Waals surface area contributed by atoms with Crippen molar-refractivity contribution in [2.75, 3.05) is 0 Å².